The lowest BCUT2D eigenvalue weighted by Crippen LogP contribution is -2.23. The fourth-order valence-corrected chi connectivity index (χ4v) is 5.41. The van der Waals surface area contributed by atoms with Crippen LogP contribution < -0.4 is 5.32 Å². The Morgan fingerprint density at radius 1 is 1.20 bits per heavy atom. The molecule has 30 heavy (non-hydrogen) atoms. The van der Waals surface area contributed by atoms with Gasteiger partial charge in [0.25, 0.3) is 0 Å². The molecule has 1 heterocycles. The van der Waals surface area contributed by atoms with Gasteiger partial charge in [0.2, 0.25) is 15.9 Å². The van der Waals surface area contributed by atoms with Crippen molar-refractivity contribution in [1.82, 2.24) is 19.1 Å². The van der Waals surface area contributed by atoms with E-state index in [9.17, 15) is 13.2 Å². The molecule has 0 saturated heterocycles. The van der Waals surface area contributed by atoms with Gasteiger partial charge in [0.1, 0.15) is 5.82 Å². The first kappa shape index (κ1) is 22.8. The predicted molar refractivity (Wildman–Crippen MR) is 118 cm³/mol. The Kier molecular flexibility index (Phi) is 7.20. The first-order chi connectivity index (χ1) is 14.2. The van der Waals surface area contributed by atoms with Crippen LogP contribution in [0.3, 0.4) is 0 Å². The molecule has 0 spiro atoms. The number of thioether (sulfide) groups is 1. The van der Waals surface area contributed by atoms with Gasteiger partial charge in [0.05, 0.1) is 10.6 Å². The maximum atomic E-state index is 12.6. The quantitative estimate of drug-likeness (QED) is 0.648. The molecule has 1 aromatic heterocycles. The second-order valence-electron chi connectivity index (χ2n) is 7.79. The number of rotatable bonds is 7. The minimum absolute atomic E-state index is 0.147. The summed E-state index contributed by atoms with van der Waals surface area (Å²) in [5.41, 5.74) is 1.29. The van der Waals surface area contributed by atoms with Gasteiger partial charge in [0.15, 0.2) is 5.16 Å². The van der Waals surface area contributed by atoms with E-state index in [0.29, 0.717) is 11.7 Å². The first-order valence-corrected chi connectivity index (χ1v) is 12.5. The molecule has 0 unspecified atom stereocenters. The van der Waals surface area contributed by atoms with E-state index in [1.54, 1.807) is 12.1 Å². The molecule has 1 aliphatic rings. The molecule has 0 bridgehead atoms. The van der Waals surface area contributed by atoms with Crippen LogP contribution in [0.5, 0.6) is 0 Å². The Balaban J connectivity index is 1.69. The normalized spacial score (nSPS) is 15.5. The maximum absolute atomic E-state index is 12.6. The molecule has 1 aliphatic carbocycles. The third-order valence-corrected chi connectivity index (χ3v) is 8.12. The summed E-state index contributed by atoms with van der Waals surface area (Å²) in [6.07, 6.45) is 5.91. The molecule has 1 amide bonds. The predicted octanol–water partition coefficient (Wildman–Crippen LogP) is 3.38. The summed E-state index contributed by atoms with van der Waals surface area (Å²) < 4.78 is 28.1. The van der Waals surface area contributed by atoms with Crippen molar-refractivity contribution < 1.29 is 13.2 Å². The zero-order valence-electron chi connectivity index (χ0n) is 17.9. The number of hydrogen-bond donors (Lipinski definition) is 1. The van der Waals surface area contributed by atoms with Gasteiger partial charge in [-0.05, 0) is 44.4 Å². The van der Waals surface area contributed by atoms with E-state index in [4.69, 9.17) is 0 Å². The Hall–Kier alpha value is -1.91. The van der Waals surface area contributed by atoms with Crippen LogP contribution in [0.15, 0.2) is 28.3 Å². The smallest absolute Gasteiger partial charge is 0.242 e. The van der Waals surface area contributed by atoms with Crippen LogP contribution in [-0.4, -0.2) is 53.2 Å². The van der Waals surface area contributed by atoms with Gasteiger partial charge < -0.3 is 9.88 Å². The highest BCUT2D eigenvalue weighted by atomic mass is 32.2. The molecular weight excluding hydrogens is 422 g/mol. The minimum atomic E-state index is -3.57. The summed E-state index contributed by atoms with van der Waals surface area (Å²) in [6.45, 7) is 3.78. The van der Waals surface area contributed by atoms with Crippen molar-refractivity contribution in [3.8, 4) is 0 Å². The minimum Gasteiger partial charge on any atom is -0.325 e. The lowest BCUT2D eigenvalue weighted by atomic mass is 9.95. The van der Waals surface area contributed by atoms with Crippen molar-refractivity contribution in [2.45, 2.75) is 62.0 Å². The molecule has 3 rings (SSSR count). The van der Waals surface area contributed by atoms with Crippen LogP contribution in [0.2, 0.25) is 0 Å². The summed E-state index contributed by atoms with van der Waals surface area (Å²) in [5, 5.41) is 12.1. The summed E-state index contributed by atoms with van der Waals surface area (Å²) in [5.74, 6) is 0.843. The molecule has 164 valence electrons. The van der Waals surface area contributed by atoms with E-state index in [2.05, 4.69) is 20.1 Å². The molecule has 0 aliphatic heterocycles. The molecule has 10 heteroatoms. The number of anilines is 1. The van der Waals surface area contributed by atoms with Gasteiger partial charge in [0, 0.05) is 25.8 Å². The van der Waals surface area contributed by atoms with E-state index in [1.807, 2.05) is 13.8 Å². The van der Waals surface area contributed by atoms with Crippen molar-refractivity contribution in [3.05, 3.63) is 29.6 Å². The Labute approximate surface area is 182 Å². The highest BCUT2D eigenvalue weighted by molar-refractivity contribution is 7.99. The maximum Gasteiger partial charge on any atom is 0.242 e. The van der Waals surface area contributed by atoms with E-state index in [0.717, 1.165) is 33.7 Å². The van der Waals surface area contributed by atoms with Gasteiger partial charge in [-0.25, -0.2) is 12.7 Å². The number of hydrogen-bond acceptors (Lipinski definition) is 6. The Morgan fingerprint density at radius 3 is 2.57 bits per heavy atom. The second kappa shape index (κ2) is 9.49. The average Bonchev–Trinajstić information content (AvgIpc) is 3.09. The lowest BCUT2D eigenvalue weighted by molar-refractivity contribution is -0.113. The van der Waals surface area contributed by atoms with Crippen LogP contribution in [0.1, 0.15) is 49.5 Å². The molecule has 8 nitrogen and oxygen atoms in total. The lowest BCUT2D eigenvalue weighted by Gasteiger charge is -2.24. The zero-order valence-corrected chi connectivity index (χ0v) is 19.5. The van der Waals surface area contributed by atoms with E-state index in [-0.39, 0.29) is 16.6 Å². The van der Waals surface area contributed by atoms with Crippen molar-refractivity contribution in [2.24, 2.45) is 0 Å². The molecule has 1 N–H and O–H groups in total. The summed E-state index contributed by atoms with van der Waals surface area (Å²) in [4.78, 5) is 12.7. The van der Waals surface area contributed by atoms with Crippen LogP contribution >= 0.6 is 11.8 Å². The van der Waals surface area contributed by atoms with Gasteiger partial charge in [-0.1, -0.05) is 37.1 Å². The largest absolute Gasteiger partial charge is 0.325 e. The van der Waals surface area contributed by atoms with Crippen LogP contribution in [-0.2, 0) is 14.8 Å². The number of aryl methyl sites for hydroxylation is 2. The summed E-state index contributed by atoms with van der Waals surface area (Å²) >= 11 is 1.36. The molecule has 1 fully saturated rings. The molecule has 1 saturated carbocycles. The fourth-order valence-electron chi connectivity index (χ4n) is 3.63. The standard InChI is InChI=1S/C20H29N5O3S2/c1-14-10-11-17(30(27,28)24(3)4)12-18(14)21-19(26)13-29-20-23-22-15(2)25(20)16-8-6-5-7-9-16/h10-12,16H,5-9,13H2,1-4H3,(H,21,26). The Bertz CT molecular complexity index is 1010. The van der Waals surface area contributed by atoms with Gasteiger partial charge in [-0.15, -0.1) is 10.2 Å². The Morgan fingerprint density at radius 2 is 1.90 bits per heavy atom. The average molecular weight is 452 g/mol. The fraction of sp³-hybridized carbons (Fsp3) is 0.550. The van der Waals surface area contributed by atoms with Crippen molar-refractivity contribution >= 4 is 33.4 Å². The molecule has 0 radical (unpaired) electrons. The van der Waals surface area contributed by atoms with Crippen LogP contribution in [0.25, 0.3) is 0 Å². The van der Waals surface area contributed by atoms with E-state index < -0.39 is 10.0 Å². The topological polar surface area (TPSA) is 97.2 Å². The van der Waals surface area contributed by atoms with E-state index in [1.165, 1.54) is 51.2 Å². The van der Waals surface area contributed by atoms with Gasteiger partial charge >= 0.3 is 0 Å². The molecular formula is C20H29N5O3S2. The van der Waals surface area contributed by atoms with Crippen LogP contribution in [0, 0.1) is 13.8 Å². The van der Waals surface area contributed by atoms with Gasteiger partial charge in [-0.3, -0.25) is 4.79 Å². The van der Waals surface area contributed by atoms with Crippen molar-refractivity contribution in [1.29, 1.82) is 0 Å². The number of benzene rings is 1. The SMILES string of the molecule is Cc1ccc(S(=O)(=O)N(C)C)cc1NC(=O)CSc1nnc(C)n1C1CCCCC1. The highest BCUT2D eigenvalue weighted by Crippen LogP contribution is 2.32. The van der Waals surface area contributed by atoms with Gasteiger partial charge in [-0.2, -0.15) is 0 Å². The van der Waals surface area contributed by atoms with Crippen molar-refractivity contribution in [2.75, 3.05) is 25.2 Å². The number of amides is 1. The molecule has 0 atom stereocenters. The third kappa shape index (κ3) is 5.04. The number of nitrogens with zero attached hydrogens (tertiary/aromatic N) is 4. The monoisotopic (exact) mass is 451 g/mol. The van der Waals surface area contributed by atoms with E-state index >= 15 is 0 Å². The number of carbonyl (C=O) groups is 1. The van der Waals surface area contributed by atoms with Crippen molar-refractivity contribution in [3.63, 3.8) is 0 Å². The highest BCUT2D eigenvalue weighted by Gasteiger charge is 2.22. The summed E-state index contributed by atoms with van der Waals surface area (Å²) in [6, 6.07) is 5.14. The molecule has 2 aromatic rings. The van der Waals surface area contributed by atoms with Crippen LogP contribution in [0.4, 0.5) is 5.69 Å². The third-order valence-electron chi connectivity index (χ3n) is 5.37. The number of nitrogens with one attached hydrogen (secondary N) is 1. The number of aromatic nitrogens is 3. The summed E-state index contributed by atoms with van der Waals surface area (Å²) in [7, 11) is -0.606. The molecule has 1 aromatic carbocycles. The second-order valence-corrected chi connectivity index (χ2v) is 10.9. The zero-order chi connectivity index (χ0) is 21.9. The number of carbonyl (C=O) groups excluding carboxylic acids is 1. The number of sulfonamides is 1. The first-order valence-electron chi connectivity index (χ1n) is 10.1.